The minimum atomic E-state index is -1.59. The van der Waals surface area contributed by atoms with Gasteiger partial charge in [-0.15, -0.1) is 0 Å². The fourth-order valence-electron chi connectivity index (χ4n) is 2.40. The number of carbonyl (C=O) groups is 4. The third-order valence-corrected chi connectivity index (χ3v) is 4.60. The Morgan fingerprint density at radius 3 is 1.87 bits per heavy atom. The molecule has 0 unspecified atom stereocenters. The minimum Gasteiger partial charge on any atom is -0.480 e. The highest BCUT2D eigenvalue weighted by molar-refractivity contribution is 7.80. The monoisotopic (exact) mass is 451 g/mol. The smallest absolute Gasteiger partial charge is 0.328 e. The fraction of sp³-hybridized carbons (Fsp3) is 0.765. The number of aliphatic hydroxyl groups is 2. The molecule has 0 aliphatic carbocycles. The highest BCUT2D eigenvalue weighted by Crippen LogP contribution is 2.02. The first kappa shape index (κ1) is 28.1. The standard InChI is InChI=1S/C17H33N5O7S/c1-8(23)12(21-14(25)10(19)5-3-4-6-18)16(27)20-11(7-30)15(26)22-13(9(2)24)17(28)29/h8-13,23-24,30H,3-7,18-19H2,1-2H3,(H,20,27)(H,21,25)(H,22,26)(H,28,29)/t8-,9-,10+,11+,12+,13+/m1/s1. The molecule has 12 nitrogen and oxygen atoms in total. The molecule has 0 fully saturated rings. The van der Waals surface area contributed by atoms with E-state index in [1.54, 1.807) is 0 Å². The first-order valence-corrected chi connectivity index (χ1v) is 10.2. The lowest BCUT2D eigenvalue weighted by atomic mass is 10.1. The molecule has 30 heavy (non-hydrogen) atoms. The van der Waals surface area contributed by atoms with E-state index in [0.29, 0.717) is 25.8 Å². The van der Waals surface area contributed by atoms with Crippen molar-refractivity contribution in [2.24, 2.45) is 11.5 Å². The van der Waals surface area contributed by atoms with Gasteiger partial charge in [0, 0.05) is 5.75 Å². The second kappa shape index (κ2) is 14.1. The maximum atomic E-state index is 12.5. The molecule has 0 aromatic rings. The first-order chi connectivity index (χ1) is 14.0. The second-order valence-electron chi connectivity index (χ2n) is 6.93. The molecule has 6 atom stereocenters. The quantitative estimate of drug-likeness (QED) is 0.0951. The number of carbonyl (C=O) groups excluding carboxylic acids is 3. The number of nitrogens with one attached hydrogen (secondary N) is 3. The van der Waals surface area contributed by atoms with E-state index < -0.39 is 60.1 Å². The molecule has 13 heteroatoms. The number of carboxylic acids is 1. The number of thiol groups is 1. The molecule has 0 radical (unpaired) electrons. The van der Waals surface area contributed by atoms with Crippen LogP contribution < -0.4 is 27.4 Å². The lowest BCUT2D eigenvalue weighted by Crippen LogP contribution is -2.60. The van der Waals surface area contributed by atoms with E-state index in [2.05, 4.69) is 28.6 Å². The number of nitrogens with two attached hydrogens (primary N) is 2. The SMILES string of the molecule is C[C@@H](O)[C@H](NC(=O)[C@H](CS)NC(=O)[C@@H](NC(=O)[C@@H](N)CCCCN)[C@@H](C)O)C(=O)O. The molecular weight excluding hydrogens is 418 g/mol. The van der Waals surface area contributed by atoms with Gasteiger partial charge in [0.05, 0.1) is 18.2 Å². The topological polar surface area (TPSA) is 217 Å². The Morgan fingerprint density at radius 2 is 1.43 bits per heavy atom. The maximum absolute atomic E-state index is 12.5. The van der Waals surface area contributed by atoms with Crippen molar-refractivity contribution in [3.05, 3.63) is 0 Å². The summed E-state index contributed by atoms with van der Waals surface area (Å²) in [5, 5.41) is 35.1. The Kier molecular flexibility index (Phi) is 13.2. The van der Waals surface area contributed by atoms with Crippen LogP contribution in [0.1, 0.15) is 33.1 Å². The maximum Gasteiger partial charge on any atom is 0.328 e. The molecule has 0 aliphatic rings. The Balaban J connectivity index is 5.07. The third kappa shape index (κ3) is 9.71. The van der Waals surface area contributed by atoms with Crippen molar-refractivity contribution >= 4 is 36.3 Å². The molecule has 3 amide bonds. The lowest BCUT2D eigenvalue weighted by molar-refractivity contribution is -0.145. The van der Waals surface area contributed by atoms with Gasteiger partial charge in [-0.05, 0) is 33.2 Å². The Labute approximate surface area is 180 Å². The number of carboxylic acid groups (broad SMARTS) is 1. The van der Waals surface area contributed by atoms with Crippen LogP contribution in [0.4, 0.5) is 0 Å². The fourth-order valence-corrected chi connectivity index (χ4v) is 2.66. The number of amides is 3. The summed E-state index contributed by atoms with van der Waals surface area (Å²) in [6.07, 6.45) is -1.04. The summed E-state index contributed by atoms with van der Waals surface area (Å²) in [6.45, 7) is 2.91. The average Bonchev–Trinajstić information content (AvgIpc) is 2.66. The Morgan fingerprint density at radius 1 is 0.900 bits per heavy atom. The van der Waals surface area contributed by atoms with Crippen molar-refractivity contribution in [3.63, 3.8) is 0 Å². The van der Waals surface area contributed by atoms with Gasteiger partial charge in [-0.25, -0.2) is 4.79 Å². The molecule has 0 bridgehead atoms. The van der Waals surface area contributed by atoms with Gasteiger partial charge in [0.2, 0.25) is 17.7 Å². The van der Waals surface area contributed by atoms with Crippen LogP contribution in [0, 0.1) is 0 Å². The predicted molar refractivity (Wildman–Crippen MR) is 112 cm³/mol. The zero-order valence-corrected chi connectivity index (χ0v) is 18.0. The van der Waals surface area contributed by atoms with Crippen molar-refractivity contribution in [1.82, 2.24) is 16.0 Å². The van der Waals surface area contributed by atoms with Gasteiger partial charge in [-0.2, -0.15) is 12.6 Å². The highest BCUT2D eigenvalue weighted by Gasteiger charge is 2.32. The number of unbranched alkanes of at least 4 members (excludes halogenated alkanes) is 1. The summed E-state index contributed by atoms with van der Waals surface area (Å²) >= 11 is 3.96. The third-order valence-electron chi connectivity index (χ3n) is 4.23. The zero-order valence-electron chi connectivity index (χ0n) is 17.1. The van der Waals surface area contributed by atoms with Crippen molar-refractivity contribution in [2.45, 2.75) is 69.5 Å². The van der Waals surface area contributed by atoms with Crippen molar-refractivity contribution in [3.8, 4) is 0 Å². The number of hydrogen-bond acceptors (Lipinski definition) is 9. The molecule has 0 saturated heterocycles. The van der Waals surface area contributed by atoms with E-state index in [0.717, 1.165) is 0 Å². The summed E-state index contributed by atoms with van der Waals surface area (Å²) in [6, 6.07) is -5.18. The Hall–Kier alpha value is -1.93. The summed E-state index contributed by atoms with van der Waals surface area (Å²) in [4.78, 5) is 48.1. The van der Waals surface area contributed by atoms with E-state index in [4.69, 9.17) is 16.6 Å². The van der Waals surface area contributed by atoms with Gasteiger partial charge in [0.25, 0.3) is 0 Å². The van der Waals surface area contributed by atoms with Crippen molar-refractivity contribution in [2.75, 3.05) is 12.3 Å². The number of hydrogen-bond donors (Lipinski definition) is 9. The van der Waals surface area contributed by atoms with Crippen molar-refractivity contribution in [1.29, 1.82) is 0 Å². The van der Waals surface area contributed by atoms with Crippen LogP contribution in [-0.2, 0) is 19.2 Å². The highest BCUT2D eigenvalue weighted by atomic mass is 32.1. The molecule has 0 aromatic heterocycles. The molecule has 10 N–H and O–H groups in total. The molecule has 0 heterocycles. The van der Waals surface area contributed by atoms with Crippen LogP contribution in [0.25, 0.3) is 0 Å². The predicted octanol–water partition coefficient (Wildman–Crippen LogP) is -3.33. The molecule has 0 rings (SSSR count). The number of aliphatic hydroxyl groups excluding tert-OH is 2. The molecular formula is C17H33N5O7S. The van der Waals surface area contributed by atoms with Gasteiger partial charge in [-0.3, -0.25) is 14.4 Å². The average molecular weight is 452 g/mol. The Bertz CT molecular complexity index is 591. The molecule has 0 saturated carbocycles. The summed E-state index contributed by atoms with van der Waals surface area (Å²) in [7, 11) is 0. The van der Waals surface area contributed by atoms with Gasteiger partial charge in [-0.1, -0.05) is 6.42 Å². The molecule has 0 aromatic carbocycles. The summed E-state index contributed by atoms with van der Waals surface area (Å²) in [5.41, 5.74) is 11.2. The van der Waals surface area contributed by atoms with E-state index in [1.165, 1.54) is 13.8 Å². The van der Waals surface area contributed by atoms with Crippen LogP contribution in [0.3, 0.4) is 0 Å². The summed E-state index contributed by atoms with van der Waals surface area (Å²) in [5.74, 6) is -4.10. The number of aliphatic carboxylic acids is 1. The van der Waals surface area contributed by atoms with Crippen LogP contribution in [-0.4, -0.2) is 87.7 Å². The van der Waals surface area contributed by atoms with E-state index >= 15 is 0 Å². The second-order valence-corrected chi connectivity index (χ2v) is 7.29. The van der Waals surface area contributed by atoms with E-state index in [-0.39, 0.29) is 5.75 Å². The molecule has 0 aliphatic heterocycles. The lowest BCUT2D eigenvalue weighted by Gasteiger charge is -2.26. The van der Waals surface area contributed by atoms with Crippen molar-refractivity contribution < 1.29 is 34.5 Å². The van der Waals surface area contributed by atoms with Crippen LogP contribution in [0.5, 0.6) is 0 Å². The molecule has 0 spiro atoms. The van der Waals surface area contributed by atoms with Crippen LogP contribution >= 0.6 is 12.6 Å². The van der Waals surface area contributed by atoms with E-state index in [9.17, 15) is 29.4 Å². The largest absolute Gasteiger partial charge is 0.480 e. The van der Waals surface area contributed by atoms with Gasteiger partial charge >= 0.3 is 5.97 Å². The number of rotatable bonds is 14. The molecule has 174 valence electrons. The zero-order chi connectivity index (χ0) is 23.4. The van der Waals surface area contributed by atoms with E-state index in [1.807, 2.05) is 0 Å². The normalized spacial score (nSPS) is 17.0. The minimum absolute atomic E-state index is 0.206. The summed E-state index contributed by atoms with van der Waals surface area (Å²) < 4.78 is 0. The van der Waals surface area contributed by atoms with Gasteiger partial charge in [0.1, 0.15) is 12.1 Å². The van der Waals surface area contributed by atoms with Crippen LogP contribution in [0.15, 0.2) is 0 Å². The van der Waals surface area contributed by atoms with Gasteiger partial charge in [0.15, 0.2) is 6.04 Å². The first-order valence-electron chi connectivity index (χ1n) is 9.52. The van der Waals surface area contributed by atoms with Gasteiger partial charge < -0.3 is 42.7 Å². The van der Waals surface area contributed by atoms with Crippen LogP contribution in [0.2, 0.25) is 0 Å².